The van der Waals surface area contributed by atoms with Gasteiger partial charge in [0.1, 0.15) is 11.7 Å². The monoisotopic (exact) mass is 531 g/mol. The van der Waals surface area contributed by atoms with E-state index in [1.165, 1.54) is 25.3 Å². The predicted octanol–water partition coefficient (Wildman–Crippen LogP) is -1.50. The topological polar surface area (TPSA) is 254 Å². The molecule has 3 rings (SSSR count). The van der Waals surface area contributed by atoms with Crippen LogP contribution in [0.25, 0.3) is 0 Å². The maximum Gasteiger partial charge on any atom is 0.362 e. The summed E-state index contributed by atoms with van der Waals surface area (Å²) < 4.78 is 38.0. The molecular weight excluding hydrogens is 510 g/mol. The summed E-state index contributed by atoms with van der Waals surface area (Å²) in [6.45, 7) is 2.39. The SMILES string of the molecule is CC(C)(O/N=C(\C(=O)NC1C(=O)N(S(=O)(=O)O)C1Cc1cc(CN)on1)c1csc(N)n1)C(=O)O. The Hall–Kier alpha value is -3.61. The number of anilines is 1. The minimum Gasteiger partial charge on any atom is -0.478 e. The lowest BCUT2D eigenvalue weighted by Gasteiger charge is -2.43. The summed E-state index contributed by atoms with van der Waals surface area (Å²) in [4.78, 5) is 45.7. The quantitative estimate of drug-likeness (QED) is 0.101. The van der Waals surface area contributed by atoms with Crippen LogP contribution in [0.3, 0.4) is 0 Å². The van der Waals surface area contributed by atoms with E-state index in [9.17, 15) is 32.5 Å². The van der Waals surface area contributed by atoms with Crippen molar-refractivity contribution in [3.05, 3.63) is 28.6 Å². The number of amides is 2. The lowest BCUT2D eigenvalue weighted by atomic mass is 9.93. The molecule has 0 bridgehead atoms. The Bertz CT molecular complexity index is 1280. The van der Waals surface area contributed by atoms with Crippen LogP contribution in [-0.2, 0) is 42.5 Å². The Kier molecular flexibility index (Phi) is 7.11. The molecule has 0 spiro atoms. The number of nitrogen functional groups attached to an aromatic ring is 1. The average Bonchev–Trinajstić information content (AvgIpc) is 3.39. The fourth-order valence-corrected chi connectivity index (χ4v) is 4.36. The van der Waals surface area contributed by atoms with E-state index in [1.807, 2.05) is 0 Å². The van der Waals surface area contributed by atoms with Crippen molar-refractivity contribution in [2.75, 3.05) is 5.73 Å². The van der Waals surface area contributed by atoms with Gasteiger partial charge in [-0.1, -0.05) is 10.3 Å². The number of oxime groups is 1. The number of nitrogens with zero attached hydrogens (tertiary/aromatic N) is 4. The highest BCUT2D eigenvalue weighted by Gasteiger charge is 2.54. The highest BCUT2D eigenvalue weighted by Crippen LogP contribution is 2.27. The van der Waals surface area contributed by atoms with Crippen LogP contribution in [0.1, 0.15) is 31.0 Å². The van der Waals surface area contributed by atoms with Gasteiger partial charge in [0, 0.05) is 17.9 Å². The third-order valence-corrected chi connectivity index (χ3v) is 6.41. The number of rotatable bonds is 10. The van der Waals surface area contributed by atoms with Crippen LogP contribution in [0.4, 0.5) is 5.13 Å². The summed E-state index contributed by atoms with van der Waals surface area (Å²) in [6.07, 6.45) is -0.224. The van der Waals surface area contributed by atoms with E-state index in [0.29, 0.717) is 5.76 Å². The zero-order chi connectivity index (χ0) is 26.1. The number of carboxylic acid groups (broad SMARTS) is 1. The predicted molar refractivity (Wildman–Crippen MR) is 118 cm³/mol. The number of β-lactam (4-membered cyclic amide) rings is 1. The van der Waals surface area contributed by atoms with Crippen molar-refractivity contribution >= 4 is 50.3 Å². The van der Waals surface area contributed by atoms with Gasteiger partial charge in [-0.15, -0.1) is 11.3 Å². The summed E-state index contributed by atoms with van der Waals surface area (Å²) in [5.74, 6) is -3.25. The highest BCUT2D eigenvalue weighted by atomic mass is 32.2. The van der Waals surface area contributed by atoms with E-state index in [0.717, 1.165) is 11.3 Å². The van der Waals surface area contributed by atoms with Crippen molar-refractivity contribution in [3.63, 3.8) is 0 Å². The van der Waals surface area contributed by atoms with Crippen LogP contribution in [-0.4, -0.2) is 73.7 Å². The van der Waals surface area contributed by atoms with Crippen LogP contribution in [0.15, 0.2) is 21.1 Å². The minimum atomic E-state index is -4.96. The Morgan fingerprint density at radius 3 is 2.63 bits per heavy atom. The molecule has 35 heavy (non-hydrogen) atoms. The number of nitrogens with two attached hydrogens (primary N) is 2. The van der Waals surface area contributed by atoms with Crippen molar-refractivity contribution in [2.45, 2.75) is 44.5 Å². The lowest BCUT2D eigenvalue weighted by molar-refractivity contribution is -0.161. The standard InChI is InChI=1S/C17H21N7O9S2/c1-17(2,15(27)28)33-23-11(9-6-34-16(19)20-9)13(25)21-12-10(24(14(12)26)35(29,30)31)4-7-3-8(5-18)32-22-7/h3,6,10,12H,4-5,18H2,1-2H3,(H2,19,20)(H,21,25)(H,27,28)(H,29,30,31)/b23-11-. The number of thiazole rings is 1. The summed E-state index contributed by atoms with van der Waals surface area (Å²) in [5.41, 5.74) is 8.85. The van der Waals surface area contributed by atoms with Gasteiger partial charge >= 0.3 is 16.3 Å². The number of aliphatic carboxylic acids is 1. The second-order valence-electron chi connectivity index (χ2n) is 7.74. The fourth-order valence-electron chi connectivity index (χ4n) is 2.93. The molecule has 2 atom stereocenters. The van der Waals surface area contributed by atoms with E-state index in [4.69, 9.17) is 20.8 Å². The lowest BCUT2D eigenvalue weighted by Crippen LogP contribution is -2.73. The van der Waals surface area contributed by atoms with Crippen LogP contribution in [0.5, 0.6) is 0 Å². The van der Waals surface area contributed by atoms with E-state index in [1.54, 1.807) is 0 Å². The molecule has 190 valence electrons. The van der Waals surface area contributed by atoms with Crippen LogP contribution >= 0.6 is 11.3 Å². The van der Waals surface area contributed by atoms with Crippen molar-refractivity contribution in [2.24, 2.45) is 10.9 Å². The summed E-state index contributed by atoms with van der Waals surface area (Å²) in [6, 6.07) is -1.28. The number of aromatic nitrogens is 2. The second-order valence-corrected chi connectivity index (χ2v) is 9.92. The molecule has 1 aliphatic heterocycles. The smallest absolute Gasteiger partial charge is 0.362 e. The van der Waals surface area contributed by atoms with Gasteiger partial charge in [0.2, 0.25) is 5.60 Å². The third kappa shape index (κ3) is 5.56. The van der Waals surface area contributed by atoms with Crippen molar-refractivity contribution in [1.82, 2.24) is 19.8 Å². The first-order valence-corrected chi connectivity index (χ1v) is 12.0. The molecule has 0 aliphatic carbocycles. The van der Waals surface area contributed by atoms with E-state index >= 15 is 0 Å². The maximum atomic E-state index is 13.0. The molecule has 7 N–H and O–H groups in total. The average molecular weight is 532 g/mol. The molecule has 0 saturated carbocycles. The Morgan fingerprint density at radius 1 is 1.43 bits per heavy atom. The van der Waals surface area contributed by atoms with Gasteiger partial charge in [-0.25, -0.2) is 14.1 Å². The fraction of sp³-hybridized carbons (Fsp3) is 0.412. The van der Waals surface area contributed by atoms with E-state index < -0.39 is 51.5 Å². The van der Waals surface area contributed by atoms with Gasteiger partial charge in [-0.2, -0.15) is 8.42 Å². The van der Waals surface area contributed by atoms with Gasteiger partial charge in [-0.3, -0.25) is 14.1 Å². The molecule has 2 amide bonds. The third-order valence-electron chi connectivity index (χ3n) is 4.79. The molecule has 18 heteroatoms. The molecule has 16 nitrogen and oxygen atoms in total. The minimum absolute atomic E-state index is 0.0159. The number of carboxylic acids is 1. The van der Waals surface area contributed by atoms with Crippen LogP contribution in [0.2, 0.25) is 0 Å². The van der Waals surface area contributed by atoms with Gasteiger partial charge in [-0.05, 0) is 13.8 Å². The molecule has 2 aromatic rings. The number of hydrogen-bond donors (Lipinski definition) is 5. The molecule has 2 aromatic heterocycles. The van der Waals surface area contributed by atoms with Crippen LogP contribution in [0, 0.1) is 0 Å². The van der Waals surface area contributed by atoms with Crippen LogP contribution < -0.4 is 16.8 Å². The Labute approximate surface area is 201 Å². The van der Waals surface area contributed by atoms with Crippen molar-refractivity contribution in [1.29, 1.82) is 0 Å². The van der Waals surface area contributed by atoms with E-state index in [-0.39, 0.29) is 33.8 Å². The molecule has 1 aliphatic rings. The molecule has 3 heterocycles. The normalized spacial score (nSPS) is 18.8. The Balaban J connectivity index is 1.89. The van der Waals surface area contributed by atoms with Gasteiger partial charge in [0.05, 0.1) is 18.3 Å². The van der Waals surface area contributed by atoms with Gasteiger partial charge in [0.25, 0.3) is 11.8 Å². The first-order valence-electron chi connectivity index (χ1n) is 9.71. The molecule has 0 radical (unpaired) electrons. The zero-order valence-corrected chi connectivity index (χ0v) is 19.9. The van der Waals surface area contributed by atoms with Crippen molar-refractivity contribution in [3.8, 4) is 0 Å². The molecular formula is C17H21N7O9S2. The first-order chi connectivity index (χ1) is 16.2. The molecule has 0 aromatic carbocycles. The zero-order valence-electron chi connectivity index (χ0n) is 18.2. The second kappa shape index (κ2) is 9.56. The molecule has 2 unspecified atom stereocenters. The summed E-state index contributed by atoms with van der Waals surface area (Å²) in [5, 5.41) is 20.3. The molecule has 1 saturated heterocycles. The summed E-state index contributed by atoms with van der Waals surface area (Å²) >= 11 is 0.957. The highest BCUT2D eigenvalue weighted by molar-refractivity contribution is 7.84. The van der Waals surface area contributed by atoms with Gasteiger partial charge < -0.3 is 31.3 Å². The Morgan fingerprint density at radius 2 is 2.11 bits per heavy atom. The first kappa shape index (κ1) is 26.0. The molecule has 1 fully saturated rings. The van der Waals surface area contributed by atoms with Crippen molar-refractivity contribution < 1.29 is 41.8 Å². The largest absolute Gasteiger partial charge is 0.478 e. The number of carbonyl (C=O) groups is 3. The number of carbonyl (C=O) groups excluding carboxylic acids is 2. The number of nitrogens with one attached hydrogen (secondary N) is 1. The number of hydrogen-bond acceptors (Lipinski definition) is 13. The maximum absolute atomic E-state index is 13.0. The van der Waals surface area contributed by atoms with E-state index in [2.05, 4.69) is 20.6 Å². The van der Waals surface area contributed by atoms with Gasteiger partial charge in [0.15, 0.2) is 16.6 Å². The summed E-state index contributed by atoms with van der Waals surface area (Å²) in [7, 11) is -4.96.